The highest BCUT2D eigenvalue weighted by Crippen LogP contribution is 2.19. The van der Waals surface area contributed by atoms with E-state index in [1.54, 1.807) is 38.4 Å². The Bertz CT molecular complexity index is 868. The number of hydrogen-bond acceptors (Lipinski definition) is 4. The molecule has 0 saturated carbocycles. The van der Waals surface area contributed by atoms with Crippen molar-refractivity contribution >= 4 is 34.8 Å². The SMILES string of the molecule is CC(=O)Nc1cc(NCC(=O)Nc2cccc(C(=O)N(C)C)c2)ccc1F. The summed E-state index contributed by atoms with van der Waals surface area (Å²) < 4.78 is 13.6. The van der Waals surface area contributed by atoms with Crippen LogP contribution in [0.15, 0.2) is 42.5 Å². The molecule has 0 fully saturated rings. The highest BCUT2D eigenvalue weighted by molar-refractivity contribution is 5.98. The van der Waals surface area contributed by atoms with Crippen LogP contribution in [0.3, 0.4) is 0 Å². The summed E-state index contributed by atoms with van der Waals surface area (Å²) in [4.78, 5) is 36.6. The van der Waals surface area contributed by atoms with E-state index in [0.717, 1.165) is 0 Å². The van der Waals surface area contributed by atoms with Gasteiger partial charge in [0, 0.05) is 38.0 Å². The molecular weight excluding hydrogens is 351 g/mol. The van der Waals surface area contributed by atoms with Crippen LogP contribution >= 0.6 is 0 Å². The zero-order valence-corrected chi connectivity index (χ0v) is 15.3. The van der Waals surface area contributed by atoms with Gasteiger partial charge in [-0.1, -0.05) is 6.07 Å². The molecule has 0 unspecified atom stereocenters. The van der Waals surface area contributed by atoms with Crippen LogP contribution in [0, 0.1) is 5.82 Å². The van der Waals surface area contributed by atoms with Crippen molar-refractivity contribution < 1.29 is 18.8 Å². The Balaban J connectivity index is 1.98. The van der Waals surface area contributed by atoms with Crippen LogP contribution in [0.5, 0.6) is 0 Å². The van der Waals surface area contributed by atoms with Crippen LogP contribution < -0.4 is 16.0 Å². The topological polar surface area (TPSA) is 90.5 Å². The number of hydrogen-bond donors (Lipinski definition) is 3. The van der Waals surface area contributed by atoms with Gasteiger partial charge < -0.3 is 20.9 Å². The number of nitrogens with one attached hydrogen (secondary N) is 3. The van der Waals surface area contributed by atoms with Crippen molar-refractivity contribution in [3.8, 4) is 0 Å². The molecule has 7 nitrogen and oxygen atoms in total. The molecule has 2 aromatic carbocycles. The lowest BCUT2D eigenvalue weighted by molar-refractivity contribution is -0.115. The molecule has 3 amide bonds. The van der Waals surface area contributed by atoms with Crippen LogP contribution in [0.25, 0.3) is 0 Å². The van der Waals surface area contributed by atoms with E-state index in [-0.39, 0.29) is 24.0 Å². The van der Waals surface area contributed by atoms with E-state index in [9.17, 15) is 18.8 Å². The summed E-state index contributed by atoms with van der Waals surface area (Å²) in [5.41, 5.74) is 1.46. The number of nitrogens with zero attached hydrogens (tertiary/aromatic N) is 1. The minimum absolute atomic E-state index is 0.0304. The van der Waals surface area contributed by atoms with Gasteiger partial charge in [-0.15, -0.1) is 0 Å². The van der Waals surface area contributed by atoms with Crippen LogP contribution in [0.4, 0.5) is 21.5 Å². The predicted octanol–water partition coefficient (Wildman–Crippen LogP) is 2.54. The first kappa shape index (κ1) is 19.9. The van der Waals surface area contributed by atoms with E-state index < -0.39 is 11.7 Å². The highest BCUT2D eigenvalue weighted by atomic mass is 19.1. The minimum Gasteiger partial charge on any atom is -0.376 e. The quantitative estimate of drug-likeness (QED) is 0.727. The number of rotatable bonds is 6. The van der Waals surface area contributed by atoms with Gasteiger partial charge in [-0.3, -0.25) is 14.4 Å². The van der Waals surface area contributed by atoms with Crippen LogP contribution in [0.1, 0.15) is 17.3 Å². The molecule has 0 aliphatic rings. The highest BCUT2D eigenvalue weighted by Gasteiger charge is 2.10. The number of amides is 3. The number of halogens is 1. The van der Waals surface area contributed by atoms with Crippen molar-refractivity contribution in [2.45, 2.75) is 6.92 Å². The first-order chi connectivity index (χ1) is 12.8. The molecule has 0 radical (unpaired) electrons. The third kappa shape index (κ3) is 5.81. The van der Waals surface area contributed by atoms with Crippen molar-refractivity contribution in [1.29, 1.82) is 0 Å². The second-order valence-corrected chi connectivity index (χ2v) is 6.06. The van der Waals surface area contributed by atoms with Gasteiger partial charge in [-0.2, -0.15) is 0 Å². The molecular formula is C19H21FN4O3. The smallest absolute Gasteiger partial charge is 0.253 e. The molecule has 27 heavy (non-hydrogen) atoms. The first-order valence-corrected chi connectivity index (χ1v) is 8.19. The Hall–Kier alpha value is -3.42. The zero-order chi connectivity index (χ0) is 20.0. The van der Waals surface area contributed by atoms with Gasteiger partial charge in [0.05, 0.1) is 12.2 Å². The number of benzene rings is 2. The molecule has 0 aliphatic heterocycles. The second-order valence-electron chi connectivity index (χ2n) is 6.06. The number of carbonyl (C=O) groups is 3. The van der Waals surface area contributed by atoms with Crippen molar-refractivity contribution in [3.63, 3.8) is 0 Å². The van der Waals surface area contributed by atoms with Gasteiger partial charge in [-0.05, 0) is 36.4 Å². The van der Waals surface area contributed by atoms with Crippen molar-refractivity contribution in [3.05, 3.63) is 53.8 Å². The molecule has 2 aromatic rings. The van der Waals surface area contributed by atoms with E-state index >= 15 is 0 Å². The summed E-state index contributed by atoms with van der Waals surface area (Å²) in [5, 5.41) is 7.92. The molecule has 0 aromatic heterocycles. The Labute approximate surface area is 156 Å². The minimum atomic E-state index is -0.567. The Morgan fingerprint density at radius 3 is 2.41 bits per heavy atom. The largest absolute Gasteiger partial charge is 0.376 e. The first-order valence-electron chi connectivity index (χ1n) is 8.19. The normalized spacial score (nSPS) is 10.1. The molecule has 0 saturated heterocycles. The maximum absolute atomic E-state index is 13.6. The lowest BCUT2D eigenvalue weighted by Crippen LogP contribution is -2.23. The number of carbonyl (C=O) groups excluding carboxylic acids is 3. The van der Waals surface area contributed by atoms with Crippen molar-refractivity contribution in [2.75, 3.05) is 36.6 Å². The average molecular weight is 372 g/mol. The van der Waals surface area contributed by atoms with Crippen LogP contribution in [-0.2, 0) is 9.59 Å². The molecule has 8 heteroatoms. The fourth-order valence-corrected chi connectivity index (χ4v) is 2.30. The summed E-state index contributed by atoms with van der Waals surface area (Å²) in [6.07, 6.45) is 0. The average Bonchev–Trinajstić information content (AvgIpc) is 2.61. The van der Waals surface area contributed by atoms with E-state index in [0.29, 0.717) is 16.9 Å². The van der Waals surface area contributed by atoms with Gasteiger partial charge in [0.1, 0.15) is 5.82 Å². The fourth-order valence-electron chi connectivity index (χ4n) is 2.30. The van der Waals surface area contributed by atoms with Crippen molar-refractivity contribution in [1.82, 2.24) is 4.90 Å². The lowest BCUT2D eigenvalue weighted by Gasteiger charge is -2.12. The standard InChI is InChI=1S/C19H21FN4O3/c1-12(25)22-17-10-14(7-8-16(17)20)21-11-18(26)23-15-6-4-5-13(9-15)19(27)24(2)3/h4-10,21H,11H2,1-3H3,(H,22,25)(H,23,26). The van der Waals surface area contributed by atoms with Gasteiger partial charge in [0.2, 0.25) is 11.8 Å². The molecule has 0 spiro atoms. The number of anilines is 3. The summed E-state index contributed by atoms with van der Waals surface area (Å²) in [5.74, 6) is -1.46. The summed E-state index contributed by atoms with van der Waals surface area (Å²) >= 11 is 0. The third-order valence-corrected chi connectivity index (χ3v) is 3.53. The Kier molecular flexibility index (Phi) is 6.48. The van der Waals surface area contributed by atoms with E-state index in [2.05, 4.69) is 16.0 Å². The molecule has 142 valence electrons. The summed E-state index contributed by atoms with van der Waals surface area (Å²) in [6.45, 7) is 1.21. The van der Waals surface area contributed by atoms with Gasteiger partial charge in [0.15, 0.2) is 0 Å². The second kappa shape index (κ2) is 8.79. The fraction of sp³-hybridized carbons (Fsp3) is 0.211. The molecule has 0 aliphatic carbocycles. The van der Waals surface area contributed by atoms with E-state index in [4.69, 9.17) is 0 Å². The van der Waals surface area contributed by atoms with Crippen LogP contribution in [-0.4, -0.2) is 43.3 Å². The monoisotopic (exact) mass is 372 g/mol. The predicted molar refractivity (Wildman–Crippen MR) is 102 cm³/mol. The van der Waals surface area contributed by atoms with E-state index in [1.807, 2.05) is 0 Å². The Morgan fingerprint density at radius 1 is 1.00 bits per heavy atom. The lowest BCUT2D eigenvalue weighted by atomic mass is 10.2. The molecule has 0 heterocycles. The molecule has 3 N–H and O–H groups in total. The van der Waals surface area contributed by atoms with Crippen molar-refractivity contribution in [2.24, 2.45) is 0 Å². The maximum atomic E-state index is 13.6. The van der Waals surface area contributed by atoms with Gasteiger partial charge >= 0.3 is 0 Å². The maximum Gasteiger partial charge on any atom is 0.253 e. The molecule has 0 atom stereocenters. The summed E-state index contributed by atoms with van der Waals surface area (Å²) in [7, 11) is 3.30. The molecule has 2 rings (SSSR count). The van der Waals surface area contributed by atoms with E-state index in [1.165, 1.54) is 30.0 Å². The van der Waals surface area contributed by atoms with Gasteiger partial charge in [0.25, 0.3) is 5.91 Å². The zero-order valence-electron chi connectivity index (χ0n) is 15.3. The van der Waals surface area contributed by atoms with Crippen LogP contribution in [0.2, 0.25) is 0 Å². The Morgan fingerprint density at radius 2 is 1.74 bits per heavy atom. The van der Waals surface area contributed by atoms with Gasteiger partial charge in [-0.25, -0.2) is 4.39 Å². The summed E-state index contributed by atoms with van der Waals surface area (Å²) in [6, 6.07) is 10.7. The molecule has 0 bridgehead atoms. The third-order valence-electron chi connectivity index (χ3n) is 3.53.